The first-order chi connectivity index (χ1) is 6.96. The van der Waals surface area contributed by atoms with Crippen LogP contribution in [0.3, 0.4) is 0 Å². The van der Waals surface area contributed by atoms with Gasteiger partial charge in [0.25, 0.3) is 0 Å². The van der Waals surface area contributed by atoms with Crippen LogP contribution in [0.5, 0.6) is 0 Å². The highest BCUT2D eigenvalue weighted by Crippen LogP contribution is 2.42. The van der Waals surface area contributed by atoms with E-state index in [0.29, 0.717) is 11.5 Å². The first-order valence-corrected chi connectivity index (χ1v) is 6.34. The van der Waals surface area contributed by atoms with E-state index in [9.17, 15) is 0 Å². The predicted molar refractivity (Wildman–Crippen MR) is 64.2 cm³/mol. The normalized spacial score (nSPS) is 29.3. The fourth-order valence-electron chi connectivity index (χ4n) is 2.60. The highest BCUT2D eigenvalue weighted by molar-refractivity contribution is 7.15. The number of nitrogens with zero attached hydrogens (tertiary/aromatic N) is 2. The molecule has 0 spiro atoms. The van der Waals surface area contributed by atoms with Crippen molar-refractivity contribution < 1.29 is 0 Å². The topological polar surface area (TPSA) is 37.8 Å². The third-order valence-electron chi connectivity index (χ3n) is 3.17. The zero-order valence-electron chi connectivity index (χ0n) is 9.87. The predicted octanol–water partition coefficient (Wildman–Crippen LogP) is 3.08. The summed E-state index contributed by atoms with van der Waals surface area (Å²) < 4.78 is 0. The van der Waals surface area contributed by atoms with Gasteiger partial charge in [0.15, 0.2) is 0 Å². The maximum Gasteiger partial charge on any atom is 0.205 e. The van der Waals surface area contributed by atoms with Gasteiger partial charge in [0, 0.05) is 6.04 Å². The molecule has 2 rings (SSSR count). The van der Waals surface area contributed by atoms with Crippen molar-refractivity contribution in [2.24, 2.45) is 11.3 Å². The number of aromatic nitrogens is 2. The van der Waals surface area contributed by atoms with Crippen LogP contribution in [0.25, 0.3) is 0 Å². The van der Waals surface area contributed by atoms with Gasteiger partial charge in [0.2, 0.25) is 5.13 Å². The van der Waals surface area contributed by atoms with Crippen molar-refractivity contribution >= 4 is 16.5 Å². The Bertz CT molecular complexity index is 345. The van der Waals surface area contributed by atoms with Gasteiger partial charge in [-0.2, -0.15) is 0 Å². The molecule has 2 atom stereocenters. The summed E-state index contributed by atoms with van der Waals surface area (Å²) in [7, 11) is 0. The minimum absolute atomic E-state index is 0.469. The second-order valence-electron chi connectivity index (χ2n) is 5.43. The van der Waals surface area contributed by atoms with Crippen LogP contribution >= 0.6 is 11.3 Å². The van der Waals surface area contributed by atoms with E-state index in [0.717, 1.165) is 16.1 Å². The Morgan fingerprint density at radius 1 is 1.33 bits per heavy atom. The molecule has 2 unspecified atom stereocenters. The molecule has 15 heavy (non-hydrogen) atoms. The molecule has 0 amide bonds. The van der Waals surface area contributed by atoms with E-state index in [4.69, 9.17) is 0 Å². The van der Waals surface area contributed by atoms with Crippen molar-refractivity contribution in [3.8, 4) is 0 Å². The number of anilines is 1. The lowest BCUT2D eigenvalue weighted by Gasteiger charge is -2.17. The van der Waals surface area contributed by atoms with Crippen LogP contribution in [0.15, 0.2) is 0 Å². The zero-order valence-corrected chi connectivity index (χ0v) is 10.7. The molecule has 4 heteroatoms. The highest BCUT2D eigenvalue weighted by Gasteiger charge is 2.36. The summed E-state index contributed by atoms with van der Waals surface area (Å²) in [4.78, 5) is 0. The highest BCUT2D eigenvalue weighted by atomic mass is 32.1. The number of aryl methyl sites for hydroxylation is 1. The van der Waals surface area contributed by atoms with Crippen LogP contribution in [-0.2, 0) is 0 Å². The summed E-state index contributed by atoms with van der Waals surface area (Å²) in [5.41, 5.74) is 0.469. The van der Waals surface area contributed by atoms with E-state index in [1.807, 2.05) is 6.92 Å². The van der Waals surface area contributed by atoms with Crippen LogP contribution < -0.4 is 5.32 Å². The minimum atomic E-state index is 0.469. The van der Waals surface area contributed by atoms with Crippen LogP contribution in [-0.4, -0.2) is 16.2 Å². The summed E-state index contributed by atoms with van der Waals surface area (Å²) in [6.45, 7) is 9.00. The summed E-state index contributed by atoms with van der Waals surface area (Å²) in [6, 6.07) is 0.562. The fourth-order valence-corrected chi connectivity index (χ4v) is 3.25. The van der Waals surface area contributed by atoms with Crippen molar-refractivity contribution in [1.82, 2.24) is 10.2 Å². The second-order valence-corrected chi connectivity index (χ2v) is 6.61. The molecule has 1 saturated carbocycles. The third kappa shape index (κ3) is 2.48. The van der Waals surface area contributed by atoms with Crippen molar-refractivity contribution in [3.63, 3.8) is 0 Å². The van der Waals surface area contributed by atoms with E-state index >= 15 is 0 Å². The minimum Gasteiger partial charge on any atom is -0.357 e. The Morgan fingerprint density at radius 3 is 2.53 bits per heavy atom. The molecule has 1 aliphatic carbocycles. The van der Waals surface area contributed by atoms with Gasteiger partial charge >= 0.3 is 0 Å². The average molecular weight is 225 g/mol. The number of nitrogens with one attached hydrogen (secondary N) is 1. The lowest BCUT2D eigenvalue weighted by molar-refractivity contribution is 0.366. The molecule has 1 aromatic rings. The Morgan fingerprint density at radius 2 is 2.07 bits per heavy atom. The quantitative estimate of drug-likeness (QED) is 0.840. The monoisotopic (exact) mass is 225 g/mol. The van der Waals surface area contributed by atoms with Crippen molar-refractivity contribution in [2.45, 2.75) is 46.6 Å². The molecule has 1 aromatic heterocycles. The van der Waals surface area contributed by atoms with Gasteiger partial charge in [-0.25, -0.2) is 0 Å². The average Bonchev–Trinajstić information content (AvgIpc) is 2.58. The smallest absolute Gasteiger partial charge is 0.205 e. The molecular weight excluding hydrogens is 206 g/mol. The Kier molecular flexibility index (Phi) is 2.71. The summed E-state index contributed by atoms with van der Waals surface area (Å²) >= 11 is 1.64. The van der Waals surface area contributed by atoms with Crippen molar-refractivity contribution in [3.05, 3.63) is 5.01 Å². The largest absolute Gasteiger partial charge is 0.357 e. The Hall–Kier alpha value is -0.640. The molecule has 3 nitrogen and oxygen atoms in total. The van der Waals surface area contributed by atoms with Crippen molar-refractivity contribution in [2.75, 3.05) is 5.32 Å². The molecule has 0 bridgehead atoms. The lowest BCUT2D eigenvalue weighted by Crippen LogP contribution is -2.22. The molecule has 84 valence electrons. The SMILES string of the molecule is Cc1nnc(NC2CC(C)(C)CC2C)s1. The molecule has 0 aliphatic heterocycles. The second kappa shape index (κ2) is 3.74. The van der Waals surface area contributed by atoms with E-state index in [1.165, 1.54) is 12.8 Å². The molecular formula is C11H19N3S. The zero-order chi connectivity index (χ0) is 11.1. The molecule has 0 radical (unpaired) electrons. The number of rotatable bonds is 2. The van der Waals surface area contributed by atoms with E-state index in [-0.39, 0.29) is 0 Å². The number of hydrogen-bond acceptors (Lipinski definition) is 4. The molecule has 0 saturated heterocycles. The van der Waals surface area contributed by atoms with Gasteiger partial charge < -0.3 is 5.32 Å². The van der Waals surface area contributed by atoms with Gasteiger partial charge in [-0.05, 0) is 31.1 Å². The Labute approximate surface area is 95.3 Å². The molecule has 1 fully saturated rings. The molecule has 1 N–H and O–H groups in total. The molecule has 1 aliphatic rings. The fraction of sp³-hybridized carbons (Fsp3) is 0.818. The van der Waals surface area contributed by atoms with Crippen LogP contribution in [0.4, 0.5) is 5.13 Å². The maximum atomic E-state index is 4.12. The molecule has 0 aromatic carbocycles. The van der Waals surface area contributed by atoms with Gasteiger partial charge in [0.05, 0.1) is 0 Å². The van der Waals surface area contributed by atoms with Gasteiger partial charge in [-0.1, -0.05) is 32.1 Å². The van der Waals surface area contributed by atoms with E-state index in [2.05, 4.69) is 36.3 Å². The number of hydrogen-bond donors (Lipinski definition) is 1. The molecule has 1 heterocycles. The van der Waals surface area contributed by atoms with E-state index in [1.54, 1.807) is 11.3 Å². The van der Waals surface area contributed by atoms with E-state index < -0.39 is 0 Å². The van der Waals surface area contributed by atoms with Gasteiger partial charge in [-0.15, -0.1) is 10.2 Å². The Balaban J connectivity index is 2.01. The first-order valence-electron chi connectivity index (χ1n) is 5.53. The van der Waals surface area contributed by atoms with Gasteiger partial charge in [0.1, 0.15) is 5.01 Å². The van der Waals surface area contributed by atoms with Crippen LogP contribution in [0.2, 0.25) is 0 Å². The van der Waals surface area contributed by atoms with Crippen LogP contribution in [0.1, 0.15) is 38.6 Å². The first kappa shape index (κ1) is 10.9. The maximum absolute atomic E-state index is 4.12. The van der Waals surface area contributed by atoms with Crippen LogP contribution in [0, 0.1) is 18.3 Å². The van der Waals surface area contributed by atoms with Gasteiger partial charge in [-0.3, -0.25) is 0 Å². The third-order valence-corrected chi connectivity index (χ3v) is 3.94. The standard InChI is InChI=1S/C11H19N3S/c1-7-5-11(3,4)6-9(7)12-10-14-13-8(2)15-10/h7,9H,5-6H2,1-4H3,(H,12,14). The lowest BCUT2D eigenvalue weighted by atomic mass is 9.91. The summed E-state index contributed by atoms with van der Waals surface area (Å²) in [5, 5.41) is 13.7. The van der Waals surface area contributed by atoms with Crippen molar-refractivity contribution in [1.29, 1.82) is 0 Å². The summed E-state index contributed by atoms with van der Waals surface area (Å²) in [6.07, 6.45) is 2.52. The summed E-state index contributed by atoms with van der Waals surface area (Å²) in [5.74, 6) is 0.726.